The van der Waals surface area contributed by atoms with Gasteiger partial charge in [0.1, 0.15) is 0 Å². The first-order chi connectivity index (χ1) is 9.91. The first kappa shape index (κ1) is 15.2. The fraction of sp³-hybridized carbons (Fsp3) is 0.286. The predicted octanol–water partition coefficient (Wildman–Crippen LogP) is 1.22. The zero-order chi connectivity index (χ0) is 15.5. The average molecular weight is 304 g/mol. The molecule has 0 radical (unpaired) electrons. The number of sulfonamides is 1. The van der Waals surface area contributed by atoms with Crippen molar-refractivity contribution >= 4 is 10.0 Å². The Morgan fingerprint density at radius 2 is 2.00 bits per heavy atom. The molecule has 0 fully saturated rings. The molecular weight excluding hydrogens is 288 g/mol. The third kappa shape index (κ3) is 3.90. The van der Waals surface area contributed by atoms with Gasteiger partial charge in [-0.05, 0) is 24.6 Å². The lowest BCUT2D eigenvalue weighted by molar-refractivity contribution is 0.580. The molecule has 0 saturated carbocycles. The van der Waals surface area contributed by atoms with Crippen molar-refractivity contribution in [2.45, 2.75) is 19.2 Å². The molecule has 110 valence electrons. The molecule has 0 aliphatic heterocycles. The summed E-state index contributed by atoms with van der Waals surface area (Å²) < 4.78 is 28.3. The van der Waals surface area contributed by atoms with Crippen LogP contribution in [0.15, 0.2) is 30.5 Å². The van der Waals surface area contributed by atoms with Crippen LogP contribution in [-0.4, -0.2) is 18.2 Å². The van der Waals surface area contributed by atoms with E-state index in [1.54, 1.807) is 35.1 Å². The van der Waals surface area contributed by atoms with Gasteiger partial charge < -0.3 is 0 Å². The van der Waals surface area contributed by atoms with Crippen molar-refractivity contribution in [2.75, 3.05) is 0 Å². The second-order valence-electron chi connectivity index (χ2n) is 4.77. The lowest BCUT2D eigenvalue weighted by atomic mass is 10.2. The molecule has 7 heteroatoms. The number of aromatic nitrogens is 2. The summed E-state index contributed by atoms with van der Waals surface area (Å²) in [7, 11) is -1.62. The van der Waals surface area contributed by atoms with Crippen molar-refractivity contribution in [3.05, 3.63) is 52.8 Å². The molecule has 2 aromatic rings. The maximum atomic E-state index is 12.0. The monoisotopic (exact) mass is 304 g/mol. The van der Waals surface area contributed by atoms with Gasteiger partial charge in [0.15, 0.2) is 0 Å². The second-order valence-corrected chi connectivity index (χ2v) is 6.57. The SMILES string of the molecule is Cc1c(CNS(=O)(=O)Cc2ccc(C#N)cc2)cnn1C. The quantitative estimate of drug-likeness (QED) is 0.899. The van der Waals surface area contributed by atoms with Crippen molar-refractivity contribution in [3.8, 4) is 6.07 Å². The Balaban J connectivity index is 2.01. The largest absolute Gasteiger partial charge is 0.273 e. The zero-order valence-electron chi connectivity index (χ0n) is 11.9. The molecule has 6 nitrogen and oxygen atoms in total. The average Bonchev–Trinajstić information content (AvgIpc) is 2.77. The van der Waals surface area contributed by atoms with Gasteiger partial charge in [-0.25, -0.2) is 13.1 Å². The Bertz CT molecular complexity index is 770. The number of nitrogens with zero attached hydrogens (tertiary/aromatic N) is 3. The Kier molecular flexibility index (Phi) is 4.40. The molecular formula is C14H16N4O2S. The molecule has 0 aliphatic rings. The minimum Gasteiger partial charge on any atom is -0.273 e. The molecule has 1 aromatic carbocycles. The number of aryl methyl sites for hydroxylation is 1. The summed E-state index contributed by atoms with van der Waals surface area (Å²) in [5.41, 5.74) is 2.93. The molecule has 0 aliphatic carbocycles. The normalized spacial score (nSPS) is 11.3. The molecule has 0 saturated heterocycles. The highest BCUT2D eigenvalue weighted by molar-refractivity contribution is 7.88. The van der Waals surface area contributed by atoms with E-state index < -0.39 is 10.0 Å². The molecule has 0 unspecified atom stereocenters. The summed E-state index contributed by atoms with van der Waals surface area (Å²) in [4.78, 5) is 0. The van der Waals surface area contributed by atoms with Crippen LogP contribution in [0.4, 0.5) is 0 Å². The molecule has 21 heavy (non-hydrogen) atoms. The molecule has 1 heterocycles. The maximum Gasteiger partial charge on any atom is 0.216 e. The molecule has 1 N–H and O–H groups in total. The van der Waals surface area contributed by atoms with Crippen LogP contribution in [0.25, 0.3) is 0 Å². The van der Waals surface area contributed by atoms with Gasteiger partial charge in [0, 0.05) is 24.8 Å². The number of hydrogen-bond donors (Lipinski definition) is 1. The van der Waals surface area contributed by atoms with Gasteiger partial charge in [-0.15, -0.1) is 0 Å². The third-order valence-electron chi connectivity index (χ3n) is 3.26. The van der Waals surface area contributed by atoms with E-state index in [2.05, 4.69) is 9.82 Å². The number of benzene rings is 1. The first-order valence-corrected chi connectivity index (χ1v) is 8.00. The van der Waals surface area contributed by atoms with Crippen LogP contribution in [0.3, 0.4) is 0 Å². The molecule has 0 atom stereocenters. The van der Waals surface area contributed by atoms with Crippen LogP contribution in [0, 0.1) is 18.3 Å². The van der Waals surface area contributed by atoms with Gasteiger partial charge in [0.2, 0.25) is 10.0 Å². The van der Waals surface area contributed by atoms with Gasteiger partial charge in [0.25, 0.3) is 0 Å². The molecule has 0 bridgehead atoms. The fourth-order valence-electron chi connectivity index (χ4n) is 1.85. The van der Waals surface area contributed by atoms with E-state index in [1.807, 2.05) is 20.0 Å². The topological polar surface area (TPSA) is 87.8 Å². The highest BCUT2D eigenvalue weighted by atomic mass is 32.2. The van der Waals surface area contributed by atoms with Gasteiger partial charge in [-0.2, -0.15) is 10.4 Å². The summed E-state index contributed by atoms with van der Waals surface area (Å²) in [5.74, 6) is -0.113. The minimum absolute atomic E-state index is 0.113. The Morgan fingerprint density at radius 1 is 1.33 bits per heavy atom. The van der Waals surface area contributed by atoms with Crippen molar-refractivity contribution in [1.82, 2.24) is 14.5 Å². The lowest BCUT2D eigenvalue weighted by Gasteiger charge is -2.07. The zero-order valence-corrected chi connectivity index (χ0v) is 12.7. The molecule has 0 amide bonds. The van der Waals surface area contributed by atoms with Crippen LogP contribution in [0.2, 0.25) is 0 Å². The van der Waals surface area contributed by atoms with Crippen LogP contribution >= 0.6 is 0 Å². The number of nitriles is 1. The summed E-state index contributed by atoms with van der Waals surface area (Å²) in [6, 6.07) is 8.50. The first-order valence-electron chi connectivity index (χ1n) is 6.35. The summed E-state index contributed by atoms with van der Waals surface area (Å²) in [6.07, 6.45) is 1.65. The van der Waals surface area contributed by atoms with E-state index in [0.717, 1.165) is 11.3 Å². The predicted molar refractivity (Wildman–Crippen MR) is 78.6 cm³/mol. The Hall–Kier alpha value is -2.17. The van der Waals surface area contributed by atoms with Crippen LogP contribution in [0.1, 0.15) is 22.4 Å². The fourth-order valence-corrected chi connectivity index (χ4v) is 2.96. The summed E-state index contributed by atoms with van der Waals surface area (Å²) in [6.45, 7) is 2.11. The minimum atomic E-state index is -3.43. The van der Waals surface area contributed by atoms with Crippen molar-refractivity contribution in [3.63, 3.8) is 0 Å². The standard InChI is InChI=1S/C14H16N4O2S/c1-11-14(8-16-18(11)2)9-17-21(19,20)10-13-5-3-12(7-15)4-6-13/h3-6,8,17H,9-10H2,1-2H3. The third-order valence-corrected chi connectivity index (χ3v) is 4.56. The molecule has 1 aromatic heterocycles. The van der Waals surface area contributed by atoms with Crippen molar-refractivity contribution in [2.24, 2.45) is 7.05 Å². The highest BCUT2D eigenvalue weighted by Gasteiger charge is 2.13. The van der Waals surface area contributed by atoms with Crippen LogP contribution < -0.4 is 4.72 Å². The van der Waals surface area contributed by atoms with E-state index in [4.69, 9.17) is 5.26 Å². The van der Waals surface area contributed by atoms with Gasteiger partial charge >= 0.3 is 0 Å². The Morgan fingerprint density at radius 3 is 2.52 bits per heavy atom. The number of nitrogens with one attached hydrogen (secondary N) is 1. The van der Waals surface area contributed by atoms with Crippen molar-refractivity contribution < 1.29 is 8.42 Å². The Labute approximate surface area is 124 Å². The molecule has 0 spiro atoms. The van der Waals surface area contributed by atoms with Crippen LogP contribution in [0.5, 0.6) is 0 Å². The number of rotatable bonds is 5. The van der Waals surface area contributed by atoms with Gasteiger partial charge in [-0.1, -0.05) is 12.1 Å². The van der Waals surface area contributed by atoms with Crippen LogP contribution in [-0.2, 0) is 29.4 Å². The smallest absolute Gasteiger partial charge is 0.216 e. The van der Waals surface area contributed by atoms with E-state index in [-0.39, 0.29) is 12.3 Å². The van der Waals surface area contributed by atoms with E-state index >= 15 is 0 Å². The van der Waals surface area contributed by atoms with Crippen molar-refractivity contribution in [1.29, 1.82) is 5.26 Å². The van der Waals surface area contributed by atoms with Gasteiger partial charge in [-0.3, -0.25) is 4.68 Å². The molecule has 2 rings (SSSR count). The number of hydrogen-bond acceptors (Lipinski definition) is 4. The summed E-state index contributed by atoms with van der Waals surface area (Å²) in [5, 5.41) is 12.8. The van der Waals surface area contributed by atoms with E-state index in [1.165, 1.54) is 0 Å². The van der Waals surface area contributed by atoms with Gasteiger partial charge in [0.05, 0.1) is 23.6 Å². The van der Waals surface area contributed by atoms with E-state index in [9.17, 15) is 8.42 Å². The summed E-state index contributed by atoms with van der Waals surface area (Å²) >= 11 is 0. The van der Waals surface area contributed by atoms with E-state index in [0.29, 0.717) is 11.1 Å². The lowest BCUT2D eigenvalue weighted by Crippen LogP contribution is -2.24. The highest BCUT2D eigenvalue weighted by Crippen LogP contribution is 2.09. The second kappa shape index (κ2) is 6.08. The maximum absolute atomic E-state index is 12.0.